The topological polar surface area (TPSA) is 3.24 Å². The van der Waals surface area contributed by atoms with Crippen molar-refractivity contribution in [3.05, 3.63) is 70.8 Å². The fourth-order valence-electron chi connectivity index (χ4n) is 3.36. The van der Waals surface area contributed by atoms with Crippen molar-refractivity contribution < 1.29 is 0 Å². The maximum atomic E-state index is 2.60. The predicted octanol–water partition coefficient (Wildman–Crippen LogP) is 4.41. The van der Waals surface area contributed by atoms with Gasteiger partial charge >= 0.3 is 0 Å². The third-order valence-corrected chi connectivity index (χ3v) is 4.56. The highest BCUT2D eigenvalue weighted by Crippen LogP contribution is 2.27. The minimum absolute atomic E-state index is 0.635. The first-order valence-corrected chi connectivity index (χ1v) is 8.11. The van der Waals surface area contributed by atoms with E-state index in [4.69, 9.17) is 0 Å². The second-order valence-electron chi connectivity index (χ2n) is 6.40. The smallest absolute Gasteiger partial charge is 0.0236 e. The Bertz CT molecular complexity index is 586. The van der Waals surface area contributed by atoms with E-state index < -0.39 is 0 Å². The van der Waals surface area contributed by atoms with Gasteiger partial charge in [-0.2, -0.15) is 0 Å². The first-order valence-electron chi connectivity index (χ1n) is 8.11. The number of hydrogen-bond acceptors (Lipinski definition) is 1. The molecule has 1 heterocycles. The molecule has 2 aromatic carbocycles. The summed E-state index contributed by atoms with van der Waals surface area (Å²) in [7, 11) is 0. The zero-order chi connectivity index (χ0) is 14.7. The predicted molar refractivity (Wildman–Crippen MR) is 89.7 cm³/mol. The van der Waals surface area contributed by atoms with Crippen LogP contribution in [-0.4, -0.2) is 18.0 Å². The van der Waals surface area contributed by atoms with Crippen molar-refractivity contribution >= 4 is 0 Å². The molecule has 0 bridgehead atoms. The van der Waals surface area contributed by atoms with Gasteiger partial charge in [0.25, 0.3) is 0 Å². The van der Waals surface area contributed by atoms with Gasteiger partial charge in [0.15, 0.2) is 0 Å². The Kier molecular flexibility index (Phi) is 4.40. The molecule has 3 rings (SSSR count). The second-order valence-corrected chi connectivity index (χ2v) is 6.40. The molecule has 21 heavy (non-hydrogen) atoms. The van der Waals surface area contributed by atoms with Gasteiger partial charge in [0.2, 0.25) is 0 Å². The van der Waals surface area contributed by atoms with Crippen molar-refractivity contribution in [1.82, 2.24) is 4.90 Å². The van der Waals surface area contributed by atoms with Gasteiger partial charge in [0.05, 0.1) is 0 Å². The Morgan fingerprint density at radius 3 is 2.57 bits per heavy atom. The van der Waals surface area contributed by atoms with Crippen molar-refractivity contribution in [1.29, 1.82) is 0 Å². The van der Waals surface area contributed by atoms with E-state index in [1.807, 2.05) is 0 Å². The highest BCUT2D eigenvalue weighted by Gasteiger charge is 2.19. The fraction of sp³-hybridized carbons (Fsp3) is 0.400. The molecule has 0 atom stereocenters. The number of hydrogen-bond donors (Lipinski definition) is 0. The quantitative estimate of drug-likeness (QED) is 0.801. The van der Waals surface area contributed by atoms with Crippen molar-refractivity contribution in [3.8, 4) is 0 Å². The summed E-state index contributed by atoms with van der Waals surface area (Å²) in [5, 5.41) is 0. The van der Waals surface area contributed by atoms with Crippen LogP contribution in [0.15, 0.2) is 48.5 Å². The van der Waals surface area contributed by atoms with Crippen LogP contribution in [0.2, 0.25) is 0 Å². The van der Waals surface area contributed by atoms with E-state index in [0.717, 1.165) is 19.5 Å². The second kappa shape index (κ2) is 6.44. The number of fused-ring (bicyclic) bond motifs is 1. The van der Waals surface area contributed by atoms with E-state index in [0.29, 0.717) is 5.92 Å². The van der Waals surface area contributed by atoms with Crippen molar-refractivity contribution in [2.24, 2.45) is 0 Å². The van der Waals surface area contributed by atoms with Gasteiger partial charge in [-0.3, -0.25) is 4.90 Å². The van der Waals surface area contributed by atoms with Crippen LogP contribution in [-0.2, 0) is 19.4 Å². The summed E-state index contributed by atoms with van der Waals surface area (Å²) in [5.74, 6) is 0.635. The van der Waals surface area contributed by atoms with Gasteiger partial charge in [-0.05, 0) is 41.0 Å². The van der Waals surface area contributed by atoms with Gasteiger partial charge in [-0.15, -0.1) is 0 Å². The zero-order valence-electron chi connectivity index (χ0n) is 13.2. The molecule has 0 saturated heterocycles. The van der Waals surface area contributed by atoms with Crippen LogP contribution in [0.25, 0.3) is 0 Å². The molecule has 1 aliphatic rings. The summed E-state index contributed by atoms with van der Waals surface area (Å²) in [6.45, 7) is 8.08. The lowest BCUT2D eigenvalue weighted by molar-refractivity contribution is 0.256. The molecule has 0 saturated carbocycles. The molecule has 0 aliphatic carbocycles. The molecule has 0 fully saturated rings. The normalized spacial score (nSPS) is 15.2. The maximum Gasteiger partial charge on any atom is 0.0236 e. The molecule has 1 aliphatic heterocycles. The highest BCUT2D eigenvalue weighted by molar-refractivity contribution is 5.38. The van der Waals surface area contributed by atoms with Crippen LogP contribution in [0.3, 0.4) is 0 Å². The Hall–Kier alpha value is -1.60. The zero-order valence-corrected chi connectivity index (χ0v) is 13.2. The molecule has 1 nitrogen and oxygen atoms in total. The lowest BCUT2D eigenvalue weighted by Gasteiger charge is -2.30. The monoisotopic (exact) mass is 279 g/mol. The molecular formula is C20H25N. The third kappa shape index (κ3) is 3.36. The minimum Gasteiger partial charge on any atom is -0.298 e. The molecular weight excluding hydrogens is 254 g/mol. The summed E-state index contributed by atoms with van der Waals surface area (Å²) >= 11 is 0. The van der Waals surface area contributed by atoms with E-state index in [1.165, 1.54) is 18.5 Å². The van der Waals surface area contributed by atoms with Gasteiger partial charge in [0.1, 0.15) is 0 Å². The van der Waals surface area contributed by atoms with Crippen molar-refractivity contribution in [2.45, 2.75) is 39.2 Å². The first kappa shape index (κ1) is 14.3. The standard InChI is InChI=1S/C20H25N/c1-16(2)19-10-6-9-18-15-21(14-12-20(18)19)13-11-17-7-4-3-5-8-17/h3-10,16H,11-15H2,1-2H3. The number of benzene rings is 2. The van der Waals surface area contributed by atoms with E-state index in [2.05, 4.69) is 67.3 Å². The third-order valence-electron chi connectivity index (χ3n) is 4.56. The van der Waals surface area contributed by atoms with Crippen LogP contribution in [0.4, 0.5) is 0 Å². The molecule has 0 amide bonds. The molecule has 0 N–H and O–H groups in total. The van der Waals surface area contributed by atoms with Crippen LogP contribution in [0, 0.1) is 0 Å². The number of nitrogens with zero attached hydrogens (tertiary/aromatic N) is 1. The van der Waals surface area contributed by atoms with E-state index in [-0.39, 0.29) is 0 Å². The average Bonchev–Trinajstić information content (AvgIpc) is 2.53. The van der Waals surface area contributed by atoms with Gasteiger partial charge < -0.3 is 0 Å². The van der Waals surface area contributed by atoms with E-state index in [1.54, 1.807) is 16.7 Å². The SMILES string of the molecule is CC(C)c1cccc2c1CCN(CCc1ccccc1)C2. The number of rotatable bonds is 4. The first-order chi connectivity index (χ1) is 10.2. The van der Waals surface area contributed by atoms with Gasteiger partial charge in [-0.25, -0.2) is 0 Å². The molecule has 0 aromatic heterocycles. The minimum atomic E-state index is 0.635. The van der Waals surface area contributed by atoms with Gasteiger partial charge in [0, 0.05) is 19.6 Å². The molecule has 0 spiro atoms. The van der Waals surface area contributed by atoms with Crippen LogP contribution in [0.1, 0.15) is 42.0 Å². The Morgan fingerprint density at radius 1 is 1.00 bits per heavy atom. The Balaban J connectivity index is 1.66. The summed E-state index contributed by atoms with van der Waals surface area (Å²) in [4.78, 5) is 2.60. The fourth-order valence-corrected chi connectivity index (χ4v) is 3.36. The van der Waals surface area contributed by atoms with Crippen LogP contribution < -0.4 is 0 Å². The van der Waals surface area contributed by atoms with Crippen LogP contribution in [0.5, 0.6) is 0 Å². The molecule has 0 unspecified atom stereocenters. The summed E-state index contributed by atoms with van der Waals surface area (Å²) in [6, 6.07) is 17.7. The largest absolute Gasteiger partial charge is 0.298 e. The molecule has 1 heteroatoms. The maximum absolute atomic E-state index is 2.60. The highest BCUT2D eigenvalue weighted by atomic mass is 15.1. The summed E-state index contributed by atoms with van der Waals surface area (Å²) < 4.78 is 0. The average molecular weight is 279 g/mol. The Labute approximate surface area is 128 Å². The lowest BCUT2D eigenvalue weighted by Crippen LogP contribution is -2.32. The van der Waals surface area contributed by atoms with E-state index >= 15 is 0 Å². The molecule has 0 radical (unpaired) electrons. The van der Waals surface area contributed by atoms with Crippen LogP contribution >= 0.6 is 0 Å². The lowest BCUT2D eigenvalue weighted by atomic mass is 9.89. The molecule has 110 valence electrons. The molecule has 2 aromatic rings. The Morgan fingerprint density at radius 2 is 1.81 bits per heavy atom. The van der Waals surface area contributed by atoms with Crippen molar-refractivity contribution in [3.63, 3.8) is 0 Å². The summed E-state index contributed by atoms with van der Waals surface area (Å²) in [6.07, 6.45) is 2.36. The van der Waals surface area contributed by atoms with E-state index in [9.17, 15) is 0 Å². The van der Waals surface area contributed by atoms with Gasteiger partial charge in [-0.1, -0.05) is 62.4 Å². The van der Waals surface area contributed by atoms with Crippen molar-refractivity contribution in [2.75, 3.05) is 13.1 Å². The summed E-state index contributed by atoms with van der Waals surface area (Å²) in [5.41, 5.74) is 6.15.